The predicted molar refractivity (Wildman–Crippen MR) is 46.5 cm³/mol. The summed E-state index contributed by atoms with van der Waals surface area (Å²) in [7, 11) is 1.84. The highest BCUT2D eigenvalue weighted by Crippen LogP contribution is 1.90. The van der Waals surface area contributed by atoms with Gasteiger partial charge in [-0.25, -0.2) is 0 Å². The van der Waals surface area contributed by atoms with E-state index in [-0.39, 0.29) is 5.91 Å². The van der Waals surface area contributed by atoms with Crippen LogP contribution in [0.3, 0.4) is 0 Å². The SMILES string of the molecule is CC.CN1CCCNCC1=O. The third kappa shape index (κ3) is 3.98. The first-order valence-corrected chi connectivity index (χ1v) is 4.25. The lowest BCUT2D eigenvalue weighted by molar-refractivity contribution is -0.128. The van der Waals surface area contributed by atoms with Gasteiger partial charge in [0.25, 0.3) is 0 Å². The lowest BCUT2D eigenvalue weighted by atomic mass is 10.4. The molecular formula is C8H18N2O. The third-order valence-corrected chi connectivity index (χ3v) is 1.55. The minimum Gasteiger partial charge on any atom is -0.345 e. The van der Waals surface area contributed by atoms with Gasteiger partial charge >= 0.3 is 0 Å². The van der Waals surface area contributed by atoms with E-state index in [1.165, 1.54) is 0 Å². The molecule has 0 atom stereocenters. The van der Waals surface area contributed by atoms with E-state index < -0.39 is 0 Å². The fourth-order valence-electron chi connectivity index (χ4n) is 0.896. The van der Waals surface area contributed by atoms with Gasteiger partial charge in [-0.3, -0.25) is 4.79 Å². The summed E-state index contributed by atoms with van der Waals surface area (Å²) in [5.74, 6) is 0.201. The molecule has 0 radical (unpaired) electrons. The highest BCUT2D eigenvalue weighted by Gasteiger charge is 2.10. The number of nitrogens with zero attached hydrogens (tertiary/aromatic N) is 1. The molecule has 1 N–H and O–H groups in total. The highest BCUT2D eigenvalue weighted by molar-refractivity contribution is 5.78. The van der Waals surface area contributed by atoms with E-state index in [2.05, 4.69) is 5.32 Å². The third-order valence-electron chi connectivity index (χ3n) is 1.55. The Hall–Kier alpha value is -0.570. The molecule has 1 aliphatic heterocycles. The summed E-state index contributed by atoms with van der Waals surface area (Å²) in [6.07, 6.45) is 1.07. The van der Waals surface area contributed by atoms with Crippen molar-refractivity contribution in [3.05, 3.63) is 0 Å². The van der Waals surface area contributed by atoms with Gasteiger partial charge in [-0.2, -0.15) is 0 Å². The first-order chi connectivity index (χ1) is 5.30. The van der Waals surface area contributed by atoms with Crippen LogP contribution in [-0.2, 0) is 4.79 Å². The van der Waals surface area contributed by atoms with E-state index in [4.69, 9.17) is 0 Å². The Bertz CT molecular complexity index is 115. The van der Waals surface area contributed by atoms with Crippen LogP contribution in [-0.4, -0.2) is 37.5 Å². The number of likely N-dealkylation sites (N-methyl/N-ethyl adjacent to an activating group) is 1. The number of rotatable bonds is 0. The van der Waals surface area contributed by atoms with Crippen LogP contribution >= 0.6 is 0 Å². The molecule has 0 bridgehead atoms. The molecule has 1 amide bonds. The molecule has 66 valence electrons. The van der Waals surface area contributed by atoms with Crippen LogP contribution in [0.25, 0.3) is 0 Å². The van der Waals surface area contributed by atoms with Crippen molar-refractivity contribution in [2.75, 3.05) is 26.7 Å². The smallest absolute Gasteiger partial charge is 0.236 e. The van der Waals surface area contributed by atoms with Crippen LogP contribution in [0.15, 0.2) is 0 Å². The average molecular weight is 158 g/mol. The van der Waals surface area contributed by atoms with E-state index in [0.717, 1.165) is 19.5 Å². The summed E-state index contributed by atoms with van der Waals surface area (Å²) >= 11 is 0. The number of amides is 1. The number of carbonyl (C=O) groups excluding carboxylic acids is 1. The molecule has 0 aromatic heterocycles. The predicted octanol–water partition coefficient (Wildman–Crippen LogP) is 0.464. The van der Waals surface area contributed by atoms with Crippen LogP contribution in [0, 0.1) is 0 Å². The van der Waals surface area contributed by atoms with Gasteiger partial charge in [-0.05, 0) is 13.0 Å². The van der Waals surface area contributed by atoms with Crippen molar-refractivity contribution in [3.63, 3.8) is 0 Å². The molecule has 3 heteroatoms. The zero-order valence-corrected chi connectivity index (χ0v) is 7.68. The van der Waals surface area contributed by atoms with Crippen molar-refractivity contribution in [1.29, 1.82) is 0 Å². The van der Waals surface area contributed by atoms with Crippen LogP contribution < -0.4 is 5.32 Å². The summed E-state index contributed by atoms with van der Waals surface area (Å²) in [6, 6.07) is 0. The fraction of sp³-hybridized carbons (Fsp3) is 0.875. The molecule has 3 nitrogen and oxygen atoms in total. The molecule has 0 spiro atoms. The second-order valence-electron chi connectivity index (χ2n) is 2.35. The summed E-state index contributed by atoms with van der Waals surface area (Å²) in [4.78, 5) is 12.6. The zero-order chi connectivity index (χ0) is 8.69. The van der Waals surface area contributed by atoms with Gasteiger partial charge in [-0.15, -0.1) is 0 Å². The molecule has 1 saturated heterocycles. The largest absolute Gasteiger partial charge is 0.345 e. The molecule has 0 unspecified atom stereocenters. The first-order valence-electron chi connectivity index (χ1n) is 4.25. The first kappa shape index (κ1) is 10.4. The van der Waals surface area contributed by atoms with E-state index in [1.54, 1.807) is 4.90 Å². The van der Waals surface area contributed by atoms with Gasteiger partial charge in [-0.1, -0.05) is 13.8 Å². The molecule has 1 heterocycles. The zero-order valence-electron chi connectivity index (χ0n) is 7.68. The van der Waals surface area contributed by atoms with E-state index >= 15 is 0 Å². The van der Waals surface area contributed by atoms with E-state index in [9.17, 15) is 4.79 Å². The summed E-state index contributed by atoms with van der Waals surface area (Å²) in [5, 5.41) is 3.04. The van der Waals surface area contributed by atoms with Gasteiger partial charge in [0.2, 0.25) is 5.91 Å². The molecule has 1 fully saturated rings. The lowest BCUT2D eigenvalue weighted by Gasteiger charge is -2.11. The van der Waals surface area contributed by atoms with Crippen molar-refractivity contribution in [3.8, 4) is 0 Å². The number of nitrogens with one attached hydrogen (secondary N) is 1. The normalized spacial score (nSPS) is 18.5. The van der Waals surface area contributed by atoms with Crippen molar-refractivity contribution in [2.45, 2.75) is 20.3 Å². The minimum atomic E-state index is 0.201. The second-order valence-corrected chi connectivity index (χ2v) is 2.35. The Morgan fingerprint density at radius 3 is 2.73 bits per heavy atom. The molecule has 0 aromatic carbocycles. The van der Waals surface area contributed by atoms with Crippen LogP contribution in [0.5, 0.6) is 0 Å². The molecule has 0 aliphatic carbocycles. The van der Waals surface area contributed by atoms with Crippen molar-refractivity contribution < 1.29 is 4.79 Å². The van der Waals surface area contributed by atoms with Crippen molar-refractivity contribution in [1.82, 2.24) is 10.2 Å². The minimum absolute atomic E-state index is 0.201. The Kier molecular flexibility index (Phi) is 5.84. The molecule has 0 aromatic rings. The number of hydrogen-bond acceptors (Lipinski definition) is 2. The molecule has 1 rings (SSSR count). The maximum Gasteiger partial charge on any atom is 0.236 e. The van der Waals surface area contributed by atoms with Gasteiger partial charge < -0.3 is 10.2 Å². The Balaban J connectivity index is 0.000000461. The van der Waals surface area contributed by atoms with Gasteiger partial charge in [0.1, 0.15) is 0 Å². The second kappa shape index (κ2) is 6.16. The molecule has 0 saturated carbocycles. The van der Waals surface area contributed by atoms with E-state index in [0.29, 0.717) is 6.54 Å². The summed E-state index contributed by atoms with van der Waals surface area (Å²) < 4.78 is 0. The van der Waals surface area contributed by atoms with Crippen LogP contribution in [0.1, 0.15) is 20.3 Å². The summed E-state index contributed by atoms with van der Waals surface area (Å²) in [6.45, 7) is 6.37. The quantitative estimate of drug-likeness (QED) is 0.555. The Morgan fingerprint density at radius 1 is 1.45 bits per heavy atom. The number of hydrogen-bond donors (Lipinski definition) is 1. The van der Waals surface area contributed by atoms with Crippen molar-refractivity contribution in [2.24, 2.45) is 0 Å². The topological polar surface area (TPSA) is 32.3 Å². The van der Waals surface area contributed by atoms with Gasteiger partial charge in [0.15, 0.2) is 0 Å². The summed E-state index contributed by atoms with van der Waals surface area (Å²) in [5.41, 5.74) is 0. The van der Waals surface area contributed by atoms with Crippen LogP contribution in [0.2, 0.25) is 0 Å². The standard InChI is InChI=1S/C6H12N2O.C2H6/c1-8-4-2-3-7-5-6(8)9;1-2/h7H,2-5H2,1H3;1-2H3. The van der Waals surface area contributed by atoms with Crippen LogP contribution in [0.4, 0.5) is 0 Å². The number of carbonyl (C=O) groups is 1. The molecule has 1 aliphatic rings. The Labute approximate surface area is 68.8 Å². The van der Waals surface area contributed by atoms with Gasteiger partial charge in [0, 0.05) is 13.6 Å². The highest BCUT2D eigenvalue weighted by atomic mass is 16.2. The lowest BCUT2D eigenvalue weighted by Crippen LogP contribution is -2.31. The van der Waals surface area contributed by atoms with Gasteiger partial charge in [0.05, 0.1) is 6.54 Å². The average Bonchev–Trinajstić information content (AvgIpc) is 2.22. The van der Waals surface area contributed by atoms with E-state index in [1.807, 2.05) is 20.9 Å². The molecule has 11 heavy (non-hydrogen) atoms. The maximum absolute atomic E-state index is 10.9. The molecular weight excluding hydrogens is 140 g/mol. The van der Waals surface area contributed by atoms with Crippen molar-refractivity contribution >= 4 is 5.91 Å². The fourth-order valence-corrected chi connectivity index (χ4v) is 0.896. The maximum atomic E-state index is 10.9. The Morgan fingerprint density at radius 2 is 2.09 bits per heavy atom. The monoisotopic (exact) mass is 158 g/mol.